The fourth-order valence-corrected chi connectivity index (χ4v) is 4.34. The first-order chi connectivity index (χ1) is 15.0. The van der Waals surface area contributed by atoms with Crippen molar-refractivity contribution in [1.82, 2.24) is 9.80 Å². The third-order valence-electron chi connectivity index (χ3n) is 6.17. The molecule has 2 saturated heterocycles. The monoisotopic (exact) mass is 424 g/mol. The van der Waals surface area contributed by atoms with Crippen molar-refractivity contribution in [3.05, 3.63) is 86.0 Å². The molecule has 1 aromatic carbocycles. The van der Waals surface area contributed by atoms with Crippen LogP contribution in [-0.4, -0.2) is 49.1 Å². The van der Waals surface area contributed by atoms with Crippen LogP contribution in [0.4, 0.5) is 0 Å². The fraction of sp³-hybridized carbons (Fsp3) is 0.517. The van der Waals surface area contributed by atoms with Crippen molar-refractivity contribution in [2.24, 2.45) is 11.8 Å². The third kappa shape index (κ3) is 10.8. The molecule has 2 aliphatic heterocycles. The molecule has 2 heterocycles. The second-order valence-corrected chi connectivity index (χ2v) is 8.12. The number of rotatable bonds is 5. The highest BCUT2D eigenvalue weighted by atomic mass is 15.2. The van der Waals surface area contributed by atoms with Crippen LogP contribution in [0.15, 0.2) is 80.4 Å². The zero-order valence-corrected chi connectivity index (χ0v) is 21.0. The van der Waals surface area contributed by atoms with Crippen LogP contribution in [0.2, 0.25) is 0 Å². The van der Waals surface area contributed by atoms with Crippen LogP contribution in [0.1, 0.15) is 45.6 Å². The molecule has 0 radical (unpaired) electrons. The topological polar surface area (TPSA) is 6.48 Å². The maximum Gasteiger partial charge on any atom is 0.0108 e. The molecule has 0 saturated carbocycles. The third-order valence-corrected chi connectivity index (χ3v) is 6.17. The summed E-state index contributed by atoms with van der Waals surface area (Å²) in [5.41, 5.74) is 2.69. The van der Waals surface area contributed by atoms with E-state index in [9.17, 15) is 0 Å². The zero-order chi connectivity index (χ0) is 23.6. The largest absolute Gasteiger partial charge is 0.306 e. The van der Waals surface area contributed by atoms with E-state index in [1.165, 1.54) is 56.6 Å². The highest BCUT2D eigenvalue weighted by molar-refractivity contribution is 5.24. The van der Waals surface area contributed by atoms with Crippen LogP contribution < -0.4 is 0 Å². The number of hydrogen-bond donors (Lipinski definition) is 0. The van der Waals surface area contributed by atoms with E-state index in [4.69, 9.17) is 0 Å². The first kappa shape index (κ1) is 29.1. The second-order valence-electron chi connectivity index (χ2n) is 8.12. The molecule has 0 bridgehead atoms. The maximum absolute atomic E-state index is 3.95. The molecular formula is C29H48N2. The highest BCUT2D eigenvalue weighted by Crippen LogP contribution is 2.29. The Balaban J connectivity index is 0.000000681. The Morgan fingerprint density at radius 1 is 1.00 bits per heavy atom. The van der Waals surface area contributed by atoms with Crippen LogP contribution in [0, 0.1) is 18.8 Å². The van der Waals surface area contributed by atoms with E-state index in [1.807, 2.05) is 44.2 Å². The lowest BCUT2D eigenvalue weighted by Crippen LogP contribution is -2.44. The molecule has 2 unspecified atom stereocenters. The van der Waals surface area contributed by atoms with Gasteiger partial charge in [0.15, 0.2) is 0 Å². The van der Waals surface area contributed by atoms with Crippen molar-refractivity contribution in [3.63, 3.8) is 0 Å². The molecule has 2 nitrogen and oxygen atoms in total. The van der Waals surface area contributed by atoms with E-state index in [1.54, 1.807) is 0 Å². The van der Waals surface area contributed by atoms with Gasteiger partial charge in [-0.05, 0) is 77.2 Å². The minimum Gasteiger partial charge on any atom is -0.306 e. The molecule has 2 fully saturated rings. The molecule has 31 heavy (non-hydrogen) atoms. The Labute approximate surface area is 194 Å². The van der Waals surface area contributed by atoms with Gasteiger partial charge in [-0.2, -0.15) is 0 Å². The van der Waals surface area contributed by atoms with E-state index >= 15 is 0 Å². The first-order valence-corrected chi connectivity index (χ1v) is 11.9. The number of nitrogens with zero attached hydrogens (tertiary/aromatic N) is 2. The van der Waals surface area contributed by atoms with Crippen molar-refractivity contribution in [2.45, 2.75) is 53.0 Å². The minimum absolute atomic E-state index is 0.681. The summed E-state index contributed by atoms with van der Waals surface area (Å²) in [7, 11) is 2.25. The van der Waals surface area contributed by atoms with Crippen LogP contribution in [0.5, 0.6) is 0 Å². The summed E-state index contributed by atoms with van der Waals surface area (Å²) < 4.78 is 0. The summed E-state index contributed by atoms with van der Waals surface area (Å²) in [5.74, 6) is 1.54. The number of piperidine rings is 1. The van der Waals surface area contributed by atoms with Gasteiger partial charge in [0, 0.05) is 12.6 Å². The normalized spacial score (nSPS) is 20.7. The van der Waals surface area contributed by atoms with Crippen molar-refractivity contribution >= 4 is 0 Å². The summed E-state index contributed by atoms with van der Waals surface area (Å²) in [5, 5.41) is 0. The van der Waals surface area contributed by atoms with Gasteiger partial charge in [-0.25, -0.2) is 0 Å². The maximum atomic E-state index is 3.95. The standard InChI is InChI=1S/C18H30N2.C7H8.C2H6.C2H4/c1-5-7-16(6-2)17-9-12-20(13-10-17)15(3)18-8-11-19(4)14-18;1-7-5-3-2-4-6-7;2*1-2/h5-7,15,17-18H,1-2,8-14H2,3-4H3;2-6H,1H3;1-2H3;1-2H2/b16-7+;;;. The lowest BCUT2D eigenvalue weighted by Gasteiger charge is -2.39. The van der Waals surface area contributed by atoms with Crippen molar-refractivity contribution < 1.29 is 0 Å². The van der Waals surface area contributed by atoms with Crippen molar-refractivity contribution in [1.29, 1.82) is 0 Å². The summed E-state index contributed by atoms with van der Waals surface area (Å²) in [6.07, 6.45) is 9.92. The first-order valence-electron chi connectivity index (χ1n) is 11.9. The Morgan fingerprint density at radius 2 is 1.58 bits per heavy atom. The minimum atomic E-state index is 0.681. The number of allylic oxidation sites excluding steroid dienone is 4. The molecule has 0 aliphatic carbocycles. The fourth-order valence-electron chi connectivity index (χ4n) is 4.34. The molecular weight excluding hydrogens is 376 g/mol. The summed E-state index contributed by atoms with van der Waals surface area (Å²) in [6, 6.07) is 11.0. The van der Waals surface area contributed by atoms with Crippen LogP contribution in [0.25, 0.3) is 0 Å². The van der Waals surface area contributed by atoms with Gasteiger partial charge >= 0.3 is 0 Å². The van der Waals surface area contributed by atoms with E-state index in [0.717, 1.165) is 12.0 Å². The molecule has 1 aromatic rings. The van der Waals surface area contributed by atoms with Gasteiger partial charge in [0.25, 0.3) is 0 Å². The second kappa shape index (κ2) is 17.7. The molecule has 0 N–H and O–H groups in total. The van der Waals surface area contributed by atoms with Gasteiger partial charge < -0.3 is 9.80 Å². The molecule has 0 spiro atoms. The Morgan fingerprint density at radius 3 is 1.97 bits per heavy atom. The van der Waals surface area contributed by atoms with Crippen LogP contribution in [-0.2, 0) is 0 Å². The van der Waals surface area contributed by atoms with Crippen molar-refractivity contribution in [3.8, 4) is 0 Å². The Hall–Kier alpha value is -1.90. The van der Waals surface area contributed by atoms with E-state index in [2.05, 4.69) is 75.2 Å². The van der Waals surface area contributed by atoms with Gasteiger partial charge in [0.2, 0.25) is 0 Å². The number of likely N-dealkylation sites (tertiary alicyclic amines) is 2. The highest BCUT2D eigenvalue weighted by Gasteiger charge is 2.31. The SMILES string of the molecule is C=C.C=C/C=C(\C=C)C1CCN(C(C)C2CCN(C)C2)CC1.CC.Cc1ccccc1. The molecule has 2 aliphatic rings. The molecule has 2 atom stereocenters. The number of benzene rings is 1. The van der Waals surface area contributed by atoms with Gasteiger partial charge in [-0.1, -0.05) is 81.1 Å². The van der Waals surface area contributed by atoms with E-state index in [-0.39, 0.29) is 0 Å². The van der Waals surface area contributed by atoms with Gasteiger partial charge in [-0.15, -0.1) is 13.2 Å². The molecule has 0 amide bonds. The summed E-state index contributed by atoms with van der Waals surface area (Å²) in [6.45, 7) is 27.3. The predicted molar refractivity (Wildman–Crippen MR) is 142 cm³/mol. The average Bonchev–Trinajstić information content (AvgIpc) is 3.27. The molecule has 0 aromatic heterocycles. The van der Waals surface area contributed by atoms with Gasteiger partial charge in [-0.3, -0.25) is 0 Å². The molecule has 2 heteroatoms. The zero-order valence-electron chi connectivity index (χ0n) is 21.0. The lowest BCUT2D eigenvalue weighted by atomic mass is 9.87. The van der Waals surface area contributed by atoms with Gasteiger partial charge in [0.1, 0.15) is 0 Å². The quantitative estimate of drug-likeness (QED) is 0.365. The predicted octanol–water partition coefficient (Wildman–Crippen LogP) is 7.16. The Kier molecular flexibility index (Phi) is 16.7. The number of hydrogen-bond acceptors (Lipinski definition) is 2. The molecule has 174 valence electrons. The average molecular weight is 425 g/mol. The Bertz CT molecular complexity index is 611. The van der Waals surface area contributed by atoms with Crippen LogP contribution >= 0.6 is 0 Å². The molecule has 3 rings (SSSR count). The van der Waals surface area contributed by atoms with E-state index < -0.39 is 0 Å². The van der Waals surface area contributed by atoms with Crippen molar-refractivity contribution in [2.75, 3.05) is 33.2 Å². The lowest BCUT2D eigenvalue weighted by molar-refractivity contribution is 0.115. The smallest absolute Gasteiger partial charge is 0.0108 e. The number of aryl methyl sites for hydroxylation is 1. The van der Waals surface area contributed by atoms with Crippen LogP contribution in [0.3, 0.4) is 0 Å². The van der Waals surface area contributed by atoms with Gasteiger partial charge in [0.05, 0.1) is 0 Å². The summed E-state index contributed by atoms with van der Waals surface area (Å²) >= 11 is 0. The summed E-state index contributed by atoms with van der Waals surface area (Å²) in [4.78, 5) is 5.17. The van der Waals surface area contributed by atoms with E-state index in [0.29, 0.717) is 5.92 Å².